The van der Waals surface area contributed by atoms with Gasteiger partial charge in [-0.15, -0.1) is 5.92 Å². The second-order valence-corrected chi connectivity index (χ2v) is 0.753. The molecule has 0 rings (SSSR count). The molecule has 6 heavy (non-hydrogen) atoms. The molecule has 0 aromatic carbocycles. The first-order valence-electron chi connectivity index (χ1n) is 1.71. The van der Waals surface area contributed by atoms with E-state index in [0.29, 0.717) is 0 Å². The zero-order valence-corrected chi connectivity index (χ0v) is 3.73. The van der Waals surface area contributed by atoms with Crippen molar-refractivity contribution in [2.45, 2.75) is 6.92 Å². The Morgan fingerprint density at radius 1 is 1.67 bits per heavy atom. The first kappa shape index (κ1) is 5.10. The normalized spacial score (nSPS) is 7.50. The van der Waals surface area contributed by atoms with Crippen LogP contribution >= 0.6 is 0 Å². The maximum Gasteiger partial charge on any atom is 0.00361 e. The van der Waals surface area contributed by atoms with Crippen LogP contribution in [-0.2, 0) is 0 Å². The number of nitrogens with two attached hydrogens (primary N) is 1. The van der Waals surface area contributed by atoms with Crippen LogP contribution in [0, 0.1) is 11.8 Å². The van der Waals surface area contributed by atoms with Gasteiger partial charge in [-0.25, -0.2) is 0 Å². The standard InChI is InChI=1S/C5H7N/c1-2-3-4-5-6/h4-5H,6H2,1H3/b5-4+. The van der Waals surface area contributed by atoms with Crippen molar-refractivity contribution in [3.63, 3.8) is 0 Å². The van der Waals surface area contributed by atoms with Crippen molar-refractivity contribution >= 4 is 0 Å². The van der Waals surface area contributed by atoms with E-state index >= 15 is 0 Å². The Hall–Kier alpha value is -0.900. The fourth-order valence-corrected chi connectivity index (χ4v) is 0.131. The van der Waals surface area contributed by atoms with Crippen molar-refractivity contribution in [2.75, 3.05) is 0 Å². The predicted molar refractivity (Wildman–Crippen MR) is 26.8 cm³/mol. The molecule has 1 nitrogen and oxygen atoms in total. The van der Waals surface area contributed by atoms with Gasteiger partial charge in [-0.1, -0.05) is 5.92 Å². The number of allylic oxidation sites excluding steroid dienone is 1. The number of hydrogen-bond acceptors (Lipinski definition) is 1. The van der Waals surface area contributed by atoms with Crippen molar-refractivity contribution in [3.05, 3.63) is 12.3 Å². The monoisotopic (exact) mass is 81.1 g/mol. The van der Waals surface area contributed by atoms with Gasteiger partial charge in [0.15, 0.2) is 0 Å². The summed E-state index contributed by atoms with van der Waals surface area (Å²) in [5.74, 6) is 5.29. The lowest BCUT2D eigenvalue weighted by atomic mass is 10.6. The van der Waals surface area contributed by atoms with Gasteiger partial charge in [-0.05, 0) is 6.92 Å². The first-order valence-corrected chi connectivity index (χ1v) is 1.71. The summed E-state index contributed by atoms with van der Waals surface area (Å²) in [4.78, 5) is 0. The Labute approximate surface area is 37.8 Å². The summed E-state index contributed by atoms with van der Waals surface area (Å²) in [6.07, 6.45) is 3.01. The fraction of sp³-hybridized carbons (Fsp3) is 0.200. The third-order valence-electron chi connectivity index (χ3n) is 0.324. The second-order valence-electron chi connectivity index (χ2n) is 0.753. The Kier molecular flexibility index (Phi) is 3.48. The molecule has 0 radical (unpaired) electrons. The minimum atomic E-state index is 1.41. The van der Waals surface area contributed by atoms with E-state index in [9.17, 15) is 0 Å². The molecule has 0 atom stereocenters. The minimum absolute atomic E-state index is 1.41. The molecule has 1 heteroatoms. The fourth-order valence-electron chi connectivity index (χ4n) is 0.131. The minimum Gasteiger partial charge on any atom is -0.404 e. The highest BCUT2D eigenvalue weighted by Gasteiger charge is 1.45. The molecule has 0 aliphatic carbocycles. The van der Waals surface area contributed by atoms with E-state index in [0.717, 1.165) is 0 Å². The molecule has 0 bridgehead atoms. The molecule has 0 fully saturated rings. The lowest BCUT2D eigenvalue weighted by molar-refractivity contribution is 1.61. The van der Waals surface area contributed by atoms with Crippen LogP contribution in [0.2, 0.25) is 0 Å². The van der Waals surface area contributed by atoms with Gasteiger partial charge in [0.25, 0.3) is 0 Å². The maximum atomic E-state index is 4.93. The molecule has 0 spiro atoms. The molecule has 0 aromatic heterocycles. The maximum absolute atomic E-state index is 4.93. The summed E-state index contributed by atoms with van der Waals surface area (Å²) < 4.78 is 0. The van der Waals surface area contributed by atoms with Gasteiger partial charge < -0.3 is 5.73 Å². The van der Waals surface area contributed by atoms with Crippen LogP contribution in [0.5, 0.6) is 0 Å². The summed E-state index contributed by atoms with van der Waals surface area (Å²) >= 11 is 0. The van der Waals surface area contributed by atoms with Crippen LogP contribution in [0.25, 0.3) is 0 Å². The summed E-state index contributed by atoms with van der Waals surface area (Å²) in [5.41, 5.74) is 4.93. The number of hydrogen-bond donors (Lipinski definition) is 1. The molecule has 0 aliphatic heterocycles. The van der Waals surface area contributed by atoms with Crippen LogP contribution in [0.1, 0.15) is 6.92 Å². The molecule has 32 valence electrons. The summed E-state index contributed by atoms with van der Waals surface area (Å²) in [6.45, 7) is 1.76. The van der Waals surface area contributed by atoms with E-state index in [1.807, 2.05) is 0 Å². The lowest BCUT2D eigenvalue weighted by Gasteiger charge is -1.58. The Morgan fingerprint density at radius 3 is 2.50 bits per heavy atom. The summed E-state index contributed by atoms with van der Waals surface area (Å²) in [5, 5.41) is 0. The van der Waals surface area contributed by atoms with Crippen molar-refractivity contribution in [2.24, 2.45) is 5.73 Å². The van der Waals surface area contributed by atoms with E-state index in [1.165, 1.54) is 6.20 Å². The van der Waals surface area contributed by atoms with E-state index < -0.39 is 0 Å². The predicted octanol–water partition coefficient (Wildman–Crippen LogP) is 0.482. The zero-order chi connectivity index (χ0) is 4.83. The Morgan fingerprint density at radius 2 is 2.33 bits per heavy atom. The van der Waals surface area contributed by atoms with E-state index in [1.54, 1.807) is 13.0 Å². The topological polar surface area (TPSA) is 26.0 Å². The van der Waals surface area contributed by atoms with Crippen molar-refractivity contribution in [1.82, 2.24) is 0 Å². The van der Waals surface area contributed by atoms with E-state index in [4.69, 9.17) is 5.73 Å². The highest BCUT2D eigenvalue weighted by Crippen LogP contribution is 1.54. The third-order valence-corrected chi connectivity index (χ3v) is 0.324. The highest BCUT2D eigenvalue weighted by molar-refractivity contribution is 5.12. The van der Waals surface area contributed by atoms with Crippen molar-refractivity contribution in [1.29, 1.82) is 0 Å². The lowest BCUT2D eigenvalue weighted by Crippen LogP contribution is -1.71. The van der Waals surface area contributed by atoms with Crippen LogP contribution in [0.3, 0.4) is 0 Å². The molecule has 0 saturated carbocycles. The van der Waals surface area contributed by atoms with E-state index in [2.05, 4.69) is 11.8 Å². The van der Waals surface area contributed by atoms with Gasteiger partial charge in [0.05, 0.1) is 0 Å². The summed E-state index contributed by atoms with van der Waals surface area (Å²) in [6, 6.07) is 0. The SMILES string of the molecule is CC#C/C=C/N. The average Bonchev–Trinajstić information content (AvgIpc) is 1.61. The molecule has 2 N–H and O–H groups in total. The molecule has 0 amide bonds. The van der Waals surface area contributed by atoms with Gasteiger partial charge >= 0.3 is 0 Å². The van der Waals surface area contributed by atoms with Crippen LogP contribution < -0.4 is 5.73 Å². The third kappa shape index (κ3) is 3.10. The van der Waals surface area contributed by atoms with Gasteiger partial charge in [0.1, 0.15) is 0 Å². The molecule has 0 saturated heterocycles. The Balaban J connectivity index is 3.24. The van der Waals surface area contributed by atoms with Gasteiger partial charge in [0, 0.05) is 12.3 Å². The average molecular weight is 81.1 g/mol. The molecule has 0 unspecified atom stereocenters. The highest BCUT2D eigenvalue weighted by atomic mass is 14.5. The zero-order valence-electron chi connectivity index (χ0n) is 3.73. The Bertz CT molecular complexity index is 92.2. The smallest absolute Gasteiger partial charge is 0.00361 e. The van der Waals surface area contributed by atoms with Crippen LogP contribution in [-0.4, -0.2) is 0 Å². The van der Waals surface area contributed by atoms with Crippen LogP contribution in [0.4, 0.5) is 0 Å². The van der Waals surface area contributed by atoms with E-state index in [-0.39, 0.29) is 0 Å². The summed E-state index contributed by atoms with van der Waals surface area (Å²) in [7, 11) is 0. The second kappa shape index (κ2) is 4.10. The van der Waals surface area contributed by atoms with Gasteiger partial charge in [0.2, 0.25) is 0 Å². The quantitative estimate of drug-likeness (QED) is 0.422. The number of rotatable bonds is 0. The van der Waals surface area contributed by atoms with Crippen molar-refractivity contribution in [3.8, 4) is 11.8 Å². The molecule has 0 aliphatic rings. The molecular formula is C5H7N. The first-order chi connectivity index (χ1) is 2.91. The molecule has 0 heterocycles. The van der Waals surface area contributed by atoms with Gasteiger partial charge in [-0.2, -0.15) is 0 Å². The van der Waals surface area contributed by atoms with Crippen molar-refractivity contribution < 1.29 is 0 Å². The van der Waals surface area contributed by atoms with Crippen LogP contribution in [0.15, 0.2) is 12.3 Å². The largest absolute Gasteiger partial charge is 0.404 e. The molecule has 0 aromatic rings. The van der Waals surface area contributed by atoms with Gasteiger partial charge in [-0.3, -0.25) is 0 Å². The molecular weight excluding hydrogens is 74.1 g/mol.